The van der Waals surface area contributed by atoms with E-state index >= 15 is 0 Å². The summed E-state index contributed by atoms with van der Waals surface area (Å²) in [4.78, 5) is 25.2. The van der Waals surface area contributed by atoms with Crippen LogP contribution >= 0.6 is 0 Å². The number of likely N-dealkylation sites (N-methyl/N-ethyl adjacent to an activating group) is 1. The summed E-state index contributed by atoms with van der Waals surface area (Å²) in [6, 6.07) is 1.40. The third kappa shape index (κ3) is 2.40. The number of hydrogen-bond acceptors (Lipinski definition) is 4. The highest BCUT2D eigenvalue weighted by Gasteiger charge is 2.47. The summed E-state index contributed by atoms with van der Waals surface area (Å²) >= 11 is 0. The van der Waals surface area contributed by atoms with Gasteiger partial charge in [-0.25, -0.2) is 0 Å². The molecule has 7 heteroatoms. The molecule has 1 aromatic rings. The summed E-state index contributed by atoms with van der Waals surface area (Å²) in [6.07, 6.45) is -1.29. The predicted octanol–water partition coefficient (Wildman–Crippen LogP) is 0.309. The number of amides is 2. The maximum absolute atomic E-state index is 12.2. The van der Waals surface area contributed by atoms with Gasteiger partial charge in [0.1, 0.15) is 6.10 Å². The van der Waals surface area contributed by atoms with Gasteiger partial charge in [0.25, 0.3) is 5.91 Å². The van der Waals surface area contributed by atoms with Gasteiger partial charge in [0, 0.05) is 24.8 Å². The first-order valence-corrected chi connectivity index (χ1v) is 6.63. The molecule has 1 aromatic heterocycles. The van der Waals surface area contributed by atoms with E-state index in [1.54, 1.807) is 20.0 Å². The van der Waals surface area contributed by atoms with Crippen molar-refractivity contribution in [1.82, 2.24) is 15.1 Å². The molecule has 0 unspecified atom stereocenters. The van der Waals surface area contributed by atoms with Gasteiger partial charge in [0.15, 0.2) is 5.82 Å². The highest BCUT2D eigenvalue weighted by atomic mass is 16.3. The molecule has 0 aromatic carbocycles. The summed E-state index contributed by atoms with van der Waals surface area (Å²) in [7, 11) is 1.58. The number of nitrogens with one attached hydrogen (secondary N) is 2. The standard InChI is InChI=1S/C13H20N4O3/c1-6(2)8-5-9(16-15-8)14-12(19)10-7(3)17(4)13(20)11(10)18/h5-7,10-11,18H,1-4H3,(H2,14,15,16,19)/t7-,10-,11-/m1/s1. The van der Waals surface area contributed by atoms with Gasteiger partial charge in [0.2, 0.25) is 5.91 Å². The second kappa shape index (κ2) is 5.24. The van der Waals surface area contributed by atoms with Crippen molar-refractivity contribution in [2.75, 3.05) is 12.4 Å². The Morgan fingerprint density at radius 1 is 1.55 bits per heavy atom. The van der Waals surface area contributed by atoms with Crippen LogP contribution in [0.15, 0.2) is 6.07 Å². The smallest absolute Gasteiger partial charge is 0.252 e. The monoisotopic (exact) mass is 280 g/mol. The van der Waals surface area contributed by atoms with Gasteiger partial charge in [0.05, 0.1) is 5.92 Å². The Kier molecular flexibility index (Phi) is 3.80. The van der Waals surface area contributed by atoms with E-state index in [0.29, 0.717) is 5.82 Å². The third-order valence-electron chi connectivity index (χ3n) is 3.85. The fourth-order valence-corrected chi connectivity index (χ4v) is 2.34. The first kappa shape index (κ1) is 14.5. The van der Waals surface area contributed by atoms with E-state index in [2.05, 4.69) is 15.5 Å². The first-order chi connectivity index (χ1) is 9.32. The summed E-state index contributed by atoms with van der Waals surface area (Å²) in [6.45, 7) is 5.76. The van der Waals surface area contributed by atoms with Gasteiger partial charge < -0.3 is 15.3 Å². The molecule has 0 spiro atoms. The second-order valence-electron chi connectivity index (χ2n) is 5.51. The van der Waals surface area contributed by atoms with E-state index < -0.39 is 23.8 Å². The quantitative estimate of drug-likeness (QED) is 0.742. The van der Waals surface area contributed by atoms with Crippen LogP contribution in [0.2, 0.25) is 0 Å². The lowest BCUT2D eigenvalue weighted by Gasteiger charge is -2.19. The van der Waals surface area contributed by atoms with E-state index in [9.17, 15) is 14.7 Å². The molecule has 20 heavy (non-hydrogen) atoms. The zero-order chi connectivity index (χ0) is 15.0. The molecule has 2 heterocycles. The fourth-order valence-electron chi connectivity index (χ4n) is 2.34. The molecule has 1 aliphatic rings. The van der Waals surface area contributed by atoms with Crippen molar-refractivity contribution < 1.29 is 14.7 Å². The Bertz CT molecular complexity index is 525. The number of nitrogens with zero attached hydrogens (tertiary/aromatic N) is 2. The minimum absolute atomic E-state index is 0.275. The van der Waals surface area contributed by atoms with Crippen molar-refractivity contribution in [3.63, 3.8) is 0 Å². The SMILES string of the molecule is CC(C)c1cc(NC(=O)[C@@H]2[C@@H](C)N(C)C(=O)[C@@H]2O)n[nH]1. The lowest BCUT2D eigenvalue weighted by Crippen LogP contribution is -2.36. The minimum atomic E-state index is -1.29. The van der Waals surface area contributed by atoms with Crippen LogP contribution in [0.1, 0.15) is 32.4 Å². The summed E-state index contributed by atoms with van der Waals surface area (Å²) in [5.74, 6) is -0.935. The Hall–Kier alpha value is -1.89. The van der Waals surface area contributed by atoms with Gasteiger partial charge in [-0.15, -0.1) is 0 Å². The number of likely N-dealkylation sites (tertiary alicyclic amines) is 1. The molecule has 1 fully saturated rings. The van der Waals surface area contributed by atoms with Crippen molar-refractivity contribution >= 4 is 17.6 Å². The first-order valence-electron chi connectivity index (χ1n) is 6.63. The molecule has 0 bridgehead atoms. The Balaban J connectivity index is 2.10. The summed E-state index contributed by atoms with van der Waals surface area (Å²) in [5, 5.41) is 19.3. The molecule has 2 rings (SSSR count). The van der Waals surface area contributed by atoms with Crippen molar-refractivity contribution in [2.45, 2.75) is 38.8 Å². The van der Waals surface area contributed by atoms with Crippen LogP contribution in [0.3, 0.4) is 0 Å². The Morgan fingerprint density at radius 3 is 2.65 bits per heavy atom. The van der Waals surface area contributed by atoms with Crippen molar-refractivity contribution in [2.24, 2.45) is 5.92 Å². The third-order valence-corrected chi connectivity index (χ3v) is 3.85. The Labute approximate surface area is 117 Å². The van der Waals surface area contributed by atoms with Crippen molar-refractivity contribution in [3.05, 3.63) is 11.8 Å². The van der Waals surface area contributed by atoms with Crippen LogP contribution in [0, 0.1) is 5.92 Å². The van der Waals surface area contributed by atoms with Crippen LogP contribution in [0.4, 0.5) is 5.82 Å². The number of carbonyl (C=O) groups excluding carboxylic acids is 2. The van der Waals surface area contributed by atoms with Crippen molar-refractivity contribution in [3.8, 4) is 0 Å². The molecule has 3 N–H and O–H groups in total. The van der Waals surface area contributed by atoms with Crippen LogP contribution in [0.25, 0.3) is 0 Å². The number of aromatic amines is 1. The molecular weight excluding hydrogens is 260 g/mol. The van der Waals surface area contributed by atoms with E-state index in [-0.39, 0.29) is 12.0 Å². The van der Waals surface area contributed by atoms with Gasteiger partial charge >= 0.3 is 0 Å². The molecule has 1 saturated heterocycles. The second-order valence-corrected chi connectivity index (χ2v) is 5.51. The predicted molar refractivity (Wildman–Crippen MR) is 73.0 cm³/mol. The molecule has 0 radical (unpaired) electrons. The number of anilines is 1. The molecule has 3 atom stereocenters. The highest BCUT2D eigenvalue weighted by Crippen LogP contribution is 2.26. The van der Waals surface area contributed by atoms with Crippen molar-refractivity contribution in [1.29, 1.82) is 0 Å². The van der Waals surface area contributed by atoms with Crippen LogP contribution in [0.5, 0.6) is 0 Å². The highest BCUT2D eigenvalue weighted by molar-refractivity contribution is 5.99. The van der Waals surface area contributed by atoms with Gasteiger partial charge in [-0.3, -0.25) is 14.7 Å². The number of aromatic nitrogens is 2. The molecule has 0 aliphatic carbocycles. The van der Waals surface area contributed by atoms with Crippen LogP contribution in [-0.4, -0.2) is 51.2 Å². The minimum Gasteiger partial charge on any atom is -0.382 e. The number of rotatable bonds is 3. The van der Waals surface area contributed by atoms with Gasteiger partial charge in [-0.2, -0.15) is 5.10 Å². The fraction of sp³-hybridized carbons (Fsp3) is 0.615. The van der Waals surface area contributed by atoms with E-state index in [1.165, 1.54) is 4.90 Å². The topological polar surface area (TPSA) is 98.3 Å². The molecule has 7 nitrogen and oxygen atoms in total. The average molecular weight is 280 g/mol. The molecule has 2 amide bonds. The van der Waals surface area contributed by atoms with E-state index in [4.69, 9.17) is 0 Å². The summed E-state index contributed by atoms with van der Waals surface area (Å²) < 4.78 is 0. The maximum atomic E-state index is 12.2. The normalized spacial score (nSPS) is 26.4. The number of aliphatic hydroxyl groups excluding tert-OH is 1. The van der Waals surface area contributed by atoms with Gasteiger partial charge in [-0.05, 0) is 12.8 Å². The lowest BCUT2D eigenvalue weighted by molar-refractivity contribution is -0.136. The molecule has 0 saturated carbocycles. The zero-order valence-electron chi connectivity index (χ0n) is 12.0. The number of H-pyrrole nitrogens is 1. The van der Waals surface area contributed by atoms with E-state index in [1.807, 2.05) is 13.8 Å². The largest absolute Gasteiger partial charge is 0.382 e. The summed E-state index contributed by atoms with van der Waals surface area (Å²) in [5.41, 5.74) is 0.911. The molecule has 1 aliphatic heterocycles. The molecular formula is C13H20N4O3. The zero-order valence-corrected chi connectivity index (χ0v) is 12.0. The van der Waals surface area contributed by atoms with E-state index in [0.717, 1.165) is 5.69 Å². The number of aliphatic hydroxyl groups is 1. The van der Waals surface area contributed by atoms with Crippen LogP contribution < -0.4 is 5.32 Å². The molecule has 110 valence electrons. The average Bonchev–Trinajstić information content (AvgIpc) is 2.91. The maximum Gasteiger partial charge on any atom is 0.252 e. The lowest BCUT2D eigenvalue weighted by atomic mass is 9.98. The number of carbonyl (C=O) groups is 2. The van der Waals surface area contributed by atoms with Gasteiger partial charge in [-0.1, -0.05) is 13.8 Å². The number of hydrogen-bond donors (Lipinski definition) is 3. The van der Waals surface area contributed by atoms with Crippen LogP contribution in [-0.2, 0) is 9.59 Å². The Morgan fingerprint density at radius 2 is 2.20 bits per heavy atom.